The lowest BCUT2D eigenvalue weighted by Crippen LogP contribution is -2.32. The summed E-state index contributed by atoms with van der Waals surface area (Å²) >= 11 is 12.3. The number of ether oxygens (including phenoxy) is 2. The van der Waals surface area contributed by atoms with E-state index in [4.69, 9.17) is 42.8 Å². The zero-order valence-corrected chi connectivity index (χ0v) is 18.8. The molecule has 0 aliphatic carbocycles. The zero-order valence-electron chi connectivity index (χ0n) is 17.3. The number of amides is 1. The molecule has 3 N–H and O–H groups in total. The van der Waals surface area contributed by atoms with Gasteiger partial charge in [-0.25, -0.2) is 9.37 Å². The number of hydrogen-bond donors (Lipinski definition) is 2. The maximum atomic E-state index is 13.9. The van der Waals surface area contributed by atoms with E-state index in [1.54, 1.807) is 6.92 Å². The smallest absolute Gasteiger partial charge is 0.255 e. The third kappa shape index (κ3) is 4.48. The molecule has 32 heavy (non-hydrogen) atoms. The number of furan rings is 1. The van der Waals surface area contributed by atoms with Crippen LogP contribution in [-0.2, 0) is 4.74 Å². The first-order chi connectivity index (χ1) is 15.4. The molecular formula is C22H22Cl2FN3O4. The first-order valence-corrected chi connectivity index (χ1v) is 10.9. The maximum Gasteiger partial charge on any atom is 0.255 e. The van der Waals surface area contributed by atoms with Crippen LogP contribution in [0.4, 0.5) is 10.2 Å². The third-order valence-corrected chi connectivity index (χ3v) is 6.23. The minimum atomic E-state index is -0.767. The van der Waals surface area contributed by atoms with Gasteiger partial charge in [0.25, 0.3) is 5.91 Å². The van der Waals surface area contributed by atoms with Crippen molar-refractivity contribution in [1.29, 1.82) is 0 Å². The van der Waals surface area contributed by atoms with Crippen molar-refractivity contribution in [3.8, 4) is 5.75 Å². The maximum absolute atomic E-state index is 13.9. The lowest BCUT2D eigenvalue weighted by atomic mass is 10.0. The summed E-state index contributed by atoms with van der Waals surface area (Å²) in [6.45, 7) is 3.61. The number of carbonyl (C=O) groups excluding carboxylic acids is 1. The number of anilines is 1. The first-order valence-electron chi connectivity index (χ1n) is 10.2. The molecule has 0 saturated carbocycles. The summed E-state index contributed by atoms with van der Waals surface area (Å²) in [6, 6.07) is 2.57. The van der Waals surface area contributed by atoms with Crippen LogP contribution in [0, 0.1) is 11.7 Å². The average Bonchev–Trinajstić information content (AvgIpc) is 3.22. The molecule has 0 bridgehead atoms. The highest BCUT2D eigenvalue weighted by molar-refractivity contribution is 6.36. The molecule has 170 valence electrons. The van der Waals surface area contributed by atoms with E-state index in [0.717, 1.165) is 12.8 Å². The van der Waals surface area contributed by atoms with Gasteiger partial charge in [0.2, 0.25) is 5.75 Å². The number of nitrogens with zero attached hydrogens (tertiary/aromatic N) is 1. The second-order valence-corrected chi connectivity index (χ2v) is 8.43. The van der Waals surface area contributed by atoms with Crippen LogP contribution in [-0.4, -0.2) is 30.6 Å². The van der Waals surface area contributed by atoms with E-state index in [9.17, 15) is 9.18 Å². The number of nitrogen functional groups attached to an aromatic ring is 1. The Bertz CT molecular complexity index is 1150. The summed E-state index contributed by atoms with van der Waals surface area (Å²) in [5.41, 5.74) is 6.85. The van der Waals surface area contributed by atoms with E-state index in [0.29, 0.717) is 36.6 Å². The fraction of sp³-hybridized carbons (Fsp3) is 0.364. The molecule has 1 atom stereocenters. The van der Waals surface area contributed by atoms with Gasteiger partial charge in [-0.1, -0.05) is 23.2 Å². The minimum Gasteiger partial charge on any atom is -0.478 e. The fourth-order valence-electron chi connectivity index (χ4n) is 3.70. The van der Waals surface area contributed by atoms with E-state index >= 15 is 0 Å². The van der Waals surface area contributed by atoms with Crippen LogP contribution in [0.1, 0.15) is 41.8 Å². The summed E-state index contributed by atoms with van der Waals surface area (Å²) in [5.74, 6) is -0.351. The van der Waals surface area contributed by atoms with Crippen LogP contribution in [0.25, 0.3) is 11.0 Å². The summed E-state index contributed by atoms with van der Waals surface area (Å²) in [6.07, 6.45) is 3.84. The van der Waals surface area contributed by atoms with Gasteiger partial charge in [-0.3, -0.25) is 4.79 Å². The number of nitrogens with two attached hydrogens (primary N) is 1. The molecule has 7 nitrogen and oxygen atoms in total. The number of benzene rings is 1. The van der Waals surface area contributed by atoms with Gasteiger partial charge in [-0.05, 0) is 37.8 Å². The Labute approximate surface area is 194 Å². The van der Waals surface area contributed by atoms with Crippen molar-refractivity contribution in [3.63, 3.8) is 0 Å². The van der Waals surface area contributed by atoms with Crippen LogP contribution in [0.2, 0.25) is 10.0 Å². The van der Waals surface area contributed by atoms with Crippen molar-refractivity contribution in [1.82, 2.24) is 10.3 Å². The third-order valence-electron chi connectivity index (χ3n) is 5.52. The van der Waals surface area contributed by atoms with E-state index in [2.05, 4.69) is 10.3 Å². The van der Waals surface area contributed by atoms with Gasteiger partial charge < -0.3 is 24.9 Å². The van der Waals surface area contributed by atoms with Crippen molar-refractivity contribution >= 4 is 45.9 Å². The van der Waals surface area contributed by atoms with Crippen LogP contribution in [0.15, 0.2) is 29.0 Å². The fourth-order valence-corrected chi connectivity index (χ4v) is 4.38. The average molecular weight is 482 g/mol. The predicted molar refractivity (Wildman–Crippen MR) is 120 cm³/mol. The lowest BCUT2D eigenvalue weighted by Gasteiger charge is -2.22. The largest absolute Gasteiger partial charge is 0.478 e. The standard InChI is InChI=1S/C22H22Cl2FN3O4/c1-11(17-15(23)2-3-16(25)18(17)24)32-20-19-13(9-27-21(20)26)14(10-31-19)22(29)28-8-12-4-6-30-7-5-12/h2-3,9-12H,4-8H2,1H3,(H2,26,27)(H,28,29)/t11-/m1/s1. The molecule has 10 heteroatoms. The van der Waals surface area contributed by atoms with E-state index < -0.39 is 11.9 Å². The highest BCUT2D eigenvalue weighted by Gasteiger charge is 2.24. The molecule has 1 aliphatic rings. The monoisotopic (exact) mass is 481 g/mol. The van der Waals surface area contributed by atoms with Gasteiger partial charge in [0.05, 0.1) is 16.0 Å². The summed E-state index contributed by atoms with van der Waals surface area (Å²) in [5, 5.41) is 3.49. The Kier molecular flexibility index (Phi) is 6.74. The van der Waals surface area contributed by atoms with E-state index in [1.165, 1.54) is 24.6 Å². The van der Waals surface area contributed by atoms with Gasteiger partial charge in [-0.2, -0.15) is 0 Å². The van der Waals surface area contributed by atoms with Gasteiger partial charge >= 0.3 is 0 Å². The highest BCUT2D eigenvalue weighted by atomic mass is 35.5. The number of pyridine rings is 1. The van der Waals surface area contributed by atoms with Crippen molar-refractivity contribution in [2.45, 2.75) is 25.9 Å². The van der Waals surface area contributed by atoms with Crippen molar-refractivity contribution in [2.75, 3.05) is 25.5 Å². The molecule has 1 aromatic carbocycles. The minimum absolute atomic E-state index is 0.0523. The van der Waals surface area contributed by atoms with E-state index in [1.807, 2.05) is 0 Å². The molecule has 1 amide bonds. The summed E-state index contributed by atoms with van der Waals surface area (Å²) < 4.78 is 30.9. The normalized spacial score (nSPS) is 15.6. The molecule has 0 radical (unpaired) electrons. The van der Waals surface area contributed by atoms with Gasteiger partial charge in [0, 0.05) is 36.5 Å². The van der Waals surface area contributed by atoms with Gasteiger partial charge in [0.15, 0.2) is 11.4 Å². The van der Waals surface area contributed by atoms with Crippen LogP contribution in [0.3, 0.4) is 0 Å². The topological polar surface area (TPSA) is 99.6 Å². The van der Waals surface area contributed by atoms with Crippen LogP contribution in [0.5, 0.6) is 5.75 Å². The van der Waals surface area contributed by atoms with Gasteiger partial charge in [0.1, 0.15) is 18.2 Å². The molecular weight excluding hydrogens is 460 g/mol. The van der Waals surface area contributed by atoms with E-state index in [-0.39, 0.29) is 38.7 Å². The number of aromatic nitrogens is 1. The molecule has 3 aromatic rings. The second-order valence-electron chi connectivity index (χ2n) is 7.65. The molecule has 1 fully saturated rings. The molecule has 1 aliphatic heterocycles. The number of rotatable bonds is 6. The molecule has 4 rings (SSSR count). The Morgan fingerprint density at radius 3 is 2.88 bits per heavy atom. The Morgan fingerprint density at radius 1 is 1.38 bits per heavy atom. The molecule has 0 spiro atoms. The van der Waals surface area contributed by atoms with Crippen LogP contribution < -0.4 is 15.8 Å². The molecule has 1 saturated heterocycles. The summed E-state index contributed by atoms with van der Waals surface area (Å²) in [7, 11) is 0. The number of halogens is 3. The van der Waals surface area contributed by atoms with Crippen LogP contribution >= 0.6 is 23.2 Å². The first kappa shape index (κ1) is 22.6. The predicted octanol–water partition coefficient (Wildman–Crippen LogP) is 5.15. The molecule has 0 unspecified atom stereocenters. The Balaban J connectivity index is 1.58. The zero-order chi connectivity index (χ0) is 22.8. The Hall–Kier alpha value is -2.55. The lowest BCUT2D eigenvalue weighted by molar-refractivity contribution is 0.0643. The number of carbonyl (C=O) groups is 1. The van der Waals surface area contributed by atoms with Crippen molar-refractivity contribution in [3.05, 3.63) is 51.6 Å². The van der Waals surface area contributed by atoms with Crippen molar-refractivity contribution in [2.24, 2.45) is 5.92 Å². The van der Waals surface area contributed by atoms with Crippen molar-refractivity contribution < 1.29 is 23.1 Å². The molecule has 2 aromatic heterocycles. The second kappa shape index (κ2) is 9.52. The number of hydrogen-bond acceptors (Lipinski definition) is 6. The van der Waals surface area contributed by atoms with Gasteiger partial charge in [-0.15, -0.1) is 0 Å². The quantitative estimate of drug-likeness (QED) is 0.472. The number of fused-ring (bicyclic) bond motifs is 1. The molecule has 3 heterocycles. The Morgan fingerprint density at radius 2 is 2.12 bits per heavy atom. The summed E-state index contributed by atoms with van der Waals surface area (Å²) in [4.78, 5) is 16.9. The SMILES string of the molecule is C[C@@H](Oc1c(N)ncc2c(C(=O)NCC3CCOCC3)coc12)c1c(Cl)ccc(F)c1Cl. The number of nitrogens with one attached hydrogen (secondary N) is 1. The highest BCUT2D eigenvalue weighted by Crippen LogP contribution is 2.39.